The molecule has 2 aliphatic rings. The minimum Gasteiger partial charge on any atom is -0.453 e. The van der Waals surface area contributed by atoms with Crippen LogP contribution in [0.2, 0.25) is 0 Å². The topological polar surface area (TPSA) is 15.7 Å². The average Bonchev–Trinajstić information content (AvgIpc) is 3.11. The summed E-state index contributed by atoms with van der Waals surface area (Å²) in [5.41, 5.74) is 12.7. The van der Waals surface area contributed by atoms with Gasteiger partial charge < -0.3 is 14.5 Å². The van der Waals surface area contributed by atoms with E-state index in [4.69, 9.17) is 4.74 Å². The van der Waals surface area contributed by atoms with E-state index in [-0.39, 0.29) is 5.41 Å². The predicted molar refractivity (Wildman–Crippen MR) is 196 cm³/mol. The highest BCUT2D eigenvalue weighted by Gasteiger charge is 2.42. The zero-order chi connectivity index (χ0) is 31.7. The molecule has 9 rings (SSSR count). The summed E-state index contributed by atoms with van der Waals surface area (Å²) in [6.45, 7) is 6.85. The number of hydrogen-bond acceptors (Lipinski definition) is 3. The van der Waals surface area contributed by atoms with E-state index in [9.17, 15) is 0 Å². The summed E-state index contributed by atoms with van der Waals surface area (Å²) in [6.07, 6.45) is 0. The molecule has 0 spiro atoms. The molecular weight excluding hydrogens is 572 g/mol. The lowest BCUT2D eigenvalue weighted by Crippen LogP contribution is -2.32. The van der Waals surface area contributed by atoms with Crippen LogP contribution in [0.4, 0.5) is 34.1 Å². The fourth-order valence-electron chi connectivity index (χ4n) is 7.58. The minimum atomic E-state index is -0.266. The van der Waals surface area contributed by atoms with Gasteiger partial charge in [0.25, 0.3) is 0 Å². The Morgan fingerprint density at radius 3 is 2.04 bits per heavy atom. The Morgan fingerprint density at radius 1 is 0.553 bits per heavy atom. The van der Waals surface area contributed by atoms with E-state index in [1.807, 2.05) is 0 Å². The van der Waals surface area contributed by atoms with Gasteiger partial charge in [0, 0.05) is 22.2 Å². The SMILES string of the molecule is Cc1cccc2c1N1c3ccc(N(c4ccc(-c5ccccc5)cc4)c4cccc5ccccc45)cc3C(C)(C)c3cccc(c31)O2. The molecule has 0 saturated carbocycles. The Hall–Kier alpha value is -5.80. The van der Waals surface area contributed by atoms with Gasteiger partial charge in [0.05, 0.1) is 22.7 Å². The molecule has 226 valence electrons. The second-order valence-electron chi connectivity index (χ2n) is 13.1. The van der Waals surface area contributed by atoms with E-state index in [1.54, 1.807) is 0 Å². The van der Waals surface area contributed by atoms with Gasteiger partial charge in [0.1, 0.15) is 0 Å². The molecule has 0 unspecified atom stereocenters. The van der Waals surface area contributed by atoms with Gasteiger partial charge in [-0.2, -0.15) is 0 Å². The van der Waals surface area contributed by atoms with Crippen molar-refractivity contribution >= 4 is 44.9 Å². The molecule has 0 amide bonds. The third kappa shape index (κ3) is 4.20. The summed E-state index contributed by atoms with van der Waals surface area (Å²) in [4.78, 5) is 4.85. The van der Waals surface area contributed by atoms with Gasteiger partial charge in [-0.15, -0.1) is 0 Å². The number of para-hydroxylation sites is 2. The Bertz CT molecular complexity index is 2320. The van der Waals surface area contributed by atoms with Crippen molar-refractivity contribution in [3.8, 4) is 22.6 Å². The summed E-state index contributed by atoms with van der Waals surface area (Å²) in [6, 6.07) is 54.6. The molecule has 2 aliphatic heterocycles. The van der Waals surface area contributed by atoms with Gasteiger partial charge in [-0.25, -0.2) is 0 Å². The maximum atomic E-state index is 6.52. The van der Waals surface area contributed by atoms with E-state index in [0.29, 0.717) is 0 Å². The summed E-state index contributed by atoms with van der Waals surface area (Å²) in [7, 11) is 0. The summed E-state index contributed by atoms with van der Waals surface area (Å²) in [5.74, 6) is 1.79. The predicted octanol–water partition coefficient (Wildman–Crippen LogP) is 12.5. The van der Waals surface area contributed by atoms with Crippen LogP contribution < -0.4 is 14.5 Å². The smallest absolute Gasteiger partial charge is 0.151 e. The molecule has 0 radical (unpaired) electrons. The molecule has 7 aromatic rings. The van der Waals surface area contributed by atoms with Crippen molar-refractivity contribution in [3.05, 3.63) is 168 Å². The molecule has 0 aliphatic carbocycles. The number of nitrogens with zero attached hydrogens (tertiary/aromatic N) is 2. The maximum Gasteiger partial charge on any atom is 0.151 e. The van der Waals surface area contributed by atoms with Gasteiger partial charge >= 0.3 is 0 Å². The largest absolute Gasteiger partial charge is 0.453 e. The fraction of sp³-hybridized carbons (Fsp3) is 0.0909. The third-order valence-corrected chi connectivity index (χ3v) is 9.93. The minimum absolute atomic E-state index is 0.266. The van der Waals surface area contributed by atoms with Gasteiger partial charge in [-0.1, -0.05) is 117 Å². The van der Waals surface area contributed by atoms with Gasteiger partial charge in [-0.3, -0.25) is 0 Å². The van der Waals surface area contributed by atoms with Crippen molar-refractivity contribution in [1.82, 2.24) is 0 Å². The number of benzene rings is 7. The van der Waals surface area contributed by atoms with E-state index < -0.39 is 0 Å². The van der Waals surface area contributed by atoms with Crippen LogP contribution >= 0.6 is 0 Å². The normalized spacial score (nSPS) is 13.7. The van der Waals surface area contributed by atoms with Crippen molar-refractivity contribution in [2.45, 2.75) is 26.2 Å². The van der Waals surface area contributed by atoms with Crippen LogP contribution in [0.5, 0.6) is 11.5 Å². The summed E-state index contributed by atoms with van der Waals surface area (Å²) < 4.78 is 6.52. The lowest BCUT2D eigenvalue weighted by Gasteiger charge is -2.45. The Morgan fingerprint density at radius 2 is 1.21 bits per heavy atom. The molecule has 47 heavy (non-hydrogen) atoms. The quantitative estimate of drug-likeness (QED) is 0.198. The van der Waals surface area contributed by atoms with Crippen molar-refractivity contribution in [3.63, 3.8) is 0 Å². The molecule has 0 fully saturated rings. The average molecular weight is 607 g/mol. The summed E-state index contributed by atoms with van der Waals surface area (Å²) >= 11 is 0. The number of hydrogen-bond donors (Lipinski definition) is 0. The number of rotatable bonds is 4. The Kier molecular flexibility index (Phi) is 6.07. The molecule has 0 aromatic heterocycles. The van der Waals surface area contributed by atoms with Crippen molar-refractivity contribution in [2.24, 2.45) is 0 Å². The van der Waals surface area contributed by atoms with Crippen LogP contribution in [0.15, 0.2) is 152 Å². The first kappa shape index (κ1) is 27.5. The van der Waals surface area contributed by atoms with Crippen LogP contribution in [0.1, 0.15) is 30.5 Å². The van der Waals surface area contributed by atoms with Gasteiger partial charge in [0.2, 0.25) is 0 Å². The fourth-order valence-corrected chi connectivity index (χ4v) is 7.58. The first-order chi connectivity index (χ1) is 23.0. The molecule has 2 heterocycles. The molecule has 3 nitrogen and oxygen atoms in total. The molecule has 0 bridgehead atoms. The molecule has 3 heteroatoms. The van der Waals surface area contributed by atoms with E-state index >= 15 is 0 Å². The first-order valence-corrected chi connectivity index (χ1v) is 16.3. The van der Waals surface area contributed by atoms with Crippen LogP contribution in [0.25, 0.3) is 21.9 Å². The van der Waals surface area contributed by atoms with Crippen LogP contribution in [-0.4, -0.2) is 0 Å². The number of aryl methyl sites for hydroxylation is 1. The van der Waals surface area contributed by atoms with E-state index in [1.165, 1.54) is 44.3 Å². The molecule has 0 saturated heterocycles. The van der Waals surface area contributed by atoms with Crippen LogP contribution in [0.3, 0.4) is 0 Å². The monoisotopic (exact) mass is 606 g/mol. The van der Waals surface area contributed by atoms with Gasteiger partial charge in [0.15, 0.2) is 11.5 Å². The lowest BCUT2D eigenvalue weighted by atomic mass is 9.73. The van der Waals surface area contributed by atoms with Crippen LogP contribution in [-0.2, 0) is 5.41 Å². The molecule has 0 atom stereocenters. The van der Waals surface area contributed by atoms with Gasteiger partial charge in [-0.05, 0) is 88.7 Å². The Labute approximate surface area is 275 Å². The Balaban J connectivity index is 1.27. The van der Waals surface area contributed by atoms with E-state index in [0.717, 1.165) is 39.9 Å². The molecule has 0 N–H and O–H groups in total. The third-order valence-electron chi connectivity index (χ3n) is 9.93. The highest BCUT2D eigenvalue weighted by atomic mass is 16.5. The van der Waals surface area contributed by atoms with Crippen molar-refractivity contribution in [1.29, 1.82) is 0 Å². The zero-order valence-corrected chi connectivity index (χ0v) is 26.7. The highest BCUT2D eigenvalue weighted by Crippen LogP contribution is 2.61. The number of ether oxygens (including phenoxy) is 1. The number of anilines is 6. The maximum absolute atomic E-state index is 6.52. The lowest BCUT2D eigenvalue weighted by molar-refractivity contribution is 0.471. The zero-order valence-electron chi connectivity index (χ0n) is 26.7. The van der Waals surface area contributed by atoms with Crippen molar-refractivity contribution in [2.75, 3.05) is 9.80 Å². The second kappa shape index (κ2) is 10.4. The highest BCUT2D eigenvalue weighted by molar-refractivity contribution is 6.00. The van der Waals surface area contributed by atoms with Crippen LogP contribution in [0, 0.1) is 6.92 Å². The molecule has 7 aromatic carbocycles. The second-order valence-corrected chi connectivity index (χ2v) is 13.1. The molecular formula is C44H34N2O. The van der Waals surface area contributed by atoms with E-state index in [2.05, 4.69) is 182 Å². The standard InChI is InChI=1S/C44H34N2O/c1-29-12-9-20-40-42(29)46-39-27-26-34(28-37(39)44(2,3)36-18-11-21-41(47-40)43(36)46)45(38-19-10-16-32-15-7-8-17-35(32)38)33-24-22-31(23-25-33)30-13-5-4-6-14-30/h4-28H,1-3H3. The summed E-state index contributed by atoms with van der Waals surface area (Å²) in [5, 5.41) is 2.43. The first-order valence-electron chi connectivity index (χ1n) is 16.3. The van der Waals surface area contributed by atoms with Crippen molar-refractivity contribution < 1.29 is 4.74 Å². The number of fused-ring (bicyclic) bond motifs is 5.